The van der Waals surface area contributed by atoms with Gasteiger partial charge in [-0.1, -0.05) is 20.3 Å². The maximum absolute atomic E-state index is 12.2. The summed E-state index contributed by atoms with van der Waals surface area (Å²) in [6, 6.07) is 0.225. The van der Waals surface area contributed by atoms with Gasteiger partial charge in [0.05, 0.1) is 11.6 Å². The summed E-state index contributed by atoms with van der Waals surface area (Å²) in [5, 5.41) is 6.48. The standard InChI is InChI=1S/C14H26N2O2/c1-13(2)11(9-14(13,3)18-4)16-12(17)10-7-5-6-8-15-10/h10-11,15H,5-9H2,1-4H3,(H,16,17)/t10-,11-,14+/m0/s1. The number of nitrogens with one attached hydrogen (secondary N) is 2. The van der Waals surface area contributed by atoms with Gasteiger partial charge in [0.15, 0.2) is 0 Å². The van der Waals surface area contributed by atoms with Crippen LogP contribution >= 0.6 is 0 Å². The van der Waals surface area contributed by atoms with E-state index < -0.39 is 0 Å². The van der Waals surface area contributed by atoms with E-state index in [1.54, 1.807) is 7.11 Å². The molecule has 1 aliphatic heterocycles. The van der Waals surface area contributed by atoms with Crippen molar-refractivity contribution in [1.82, 2.24) is 10.6 Å². The van der Waals surface area contributed by atoms with E-state index in [-0.39, 0.29) is 29.0 Å². The van der Waals surface area contributed by atoms with Crippen LogP contribution in [-0.4, -0.2) is 37.2 Å². The van der Waals surface area contributed by atoms with E-state index in [1.807, 2.05) is 0 Å². The van der Waals surface area contributed by atoms with Crippen molar-refractivity contribution in [3.05, 3.63) is 0 Å². The molecule has 104 valence electrons. The number of rotatable bonds is 3. The second-order valence-electron chi connectivity index (χ2n) is 6.42. The van der Waals surface area contributed by atoms with Crippen LogP contribution in [0.25, 0.3) is 0 Å². The van der Waals surface area contributed by atoms with E-state index in [0.717, 1.165) is 25.8 Å². The predicted molar refractivity (Wildman–Crippen MR) is 71.4 cm³/mol. The highest BCUT2D eigenvalue weighted by molar-refractivity contribution is 5.82. The minimum Gasteiger partial charge on any atom is -0.378 e. The quantitative estimate of drug-likeness (QED) is 0.801. The molecule has 3 atom stereocenters. The van der Waals surface area contributed by atoms with Crippen LogP contribution in [0.1, 0.15) is 46.5 Å². The fraction of sp³-hybridized carbons (Fsp3) is 0.929. The number of ether oxygens (including phenoxy) is 1. The fourth-order valence-corrected chi connectivity index (χ4v) is 3.07. The minimum absolute atomic E-state index is 0.00366. The fourth-order valence-electron chi connectivity index (χ4n) is 3.07. The number of hydrogen-bond acceptors (Lipinski definition) is 3. The summed E-state index contributed by atoms with van der Waals surface area (Å²) in [5.74, 6) is 0.158. The Morgan fingerprint density at radius 2 is 2.06 bits per heavy atom. The van der Waals surface area contributed by atoms with Gasteiger partial charge >= 0.3 is 0 Å². The molecule has 4 nitrogen and oxygen atoms in total. The smallest absolute Gasteiger partial charge is 0.237 e. The maximum atomic E-state index is 12.2. The third-order valence-electron chi connectivity index (χ3n) is 5.22. The molecule has 1 saturated heterocycles. The summed E-state index contributed by atoms with van der Waals surface area (Å²) >= 11 is 0. The molecule has 0 aromatic heterocycles. The van der Waals surface area contributed by atoms with Gasteiger partial charge in [0, 0.05) is 18.6 Å². The maximum Gasteiger partial charge on any atom is 0.237 e. The molecule has 0 aromatic carbocycles. The van der Waals surface area contributed by atoms with E-state index in [1.165, 1.54) is 6.42 Å². The van der Waals surface area contributed by atoms with E-state index in [2.05, 4.69) is 31.4 Å². The number of carbonyl (C=O) groups excluding carboxylic acids is 1. The molecule has 1 saturated carbocycles. The van der Waals surface area contributed by atoms with E-state index in [4.69, 9.17) is 4.74 Å². The summed E-state index contributed by atoms with van der Waals surface area (Å²) in [5.41, 5.74) is -0.128. The summed E-state index contributed by atoms with van der Waals surface area (Å²) < 4.78 is 5.58. The van der Waals surface area contributed by atoms with E-state index in [9.17, 15) is 4.79 Å². The Labute approximate surface area is 110 Å². The highest BCUT2D eigenvalue weighted by Gasteiger charge is 2.58. The summed E-state index contributed by atoms with van der Waals surface area (Å²) in [6.45, 7) is 7.41. The molecule has 1 aliphatic carbocycles. The predicted octanol–water partition coefficient (Wildman–Crippen LogP) is 1.45. The molecule has 0 spiro atoms. The van der Waals surface area contributed by atoms with Gasteiger partial charge in [-0.3, -0.25) is 4.79 Å². The van der Waals surface area contributed by atoms with Gasteiger partial charge in [-0.05, 0) is 32.7 Å². The highest BCUT2D eigenvalue weighted by atomic mass is 16.5. The minimum atomic E-state index is -0.120. The summed E-state index contributed by atoms with van der Waals surface area (Å²) in [7, 11) is 1.75. The van der Waals surface area contributed by atoms with Crippen molar-refractivity contribution in [3.63, 3.8) is 0 Å². The average Bonchev–Trinajstić information content (AvgIpc) is 2.38. The Hall–Kier alpha value is -0.610. The zero-order valence-electron chi connectivity index (χ0n) is 12.0. The Morgan fingerprint density at radius 1 is 1.33 bits per heavy atom. The molecule has 0 unspecified atom stereocenters. The van der Waals surface area contributed by atoms with Crippen molar-refractivity contribution < 1.29 is 9.53 Å². The van der Waals surface area contributed by atoms with Crippen LogP contribution in [0.2, 0.25) is 0 Å². The van der Waals surface area contributed by atoms with Crippen molar-refractivity contribution in [2.75, 3.05) is 13.7 Å². The Bertz CT molecular complexity index is 324. The molecule has 1 heterocycles. The first-order chi connectivity index (χ1) is 8.40. The van der Waals surface area contributed by atoms with Gasteiger partial charge < -0.3 is 15.4 Å². The van der Waals surface area contributed by atoms with Crippen LogP contribution in [0.4, 0.5) is 0 Å². The van der Waals surface area contributed by atoms with Crippen molar-refractivity contribution in [3.8, 4) is 0 Å². The number of hydrogen-bond donors (Lipinski definition) is 2. The lowest BCUT2D eigenvalue weighted by atomic mass is 9.55. The molecule has 18 heavy (non-hydrogen) atoms. The SMILES string of the molecule is CO[C@]1(C)C[C@H](NC(=O)[C@@H]2CCCCN2)C1(C)C. The van der Waals surface area contributed by atoms with Gasteiger partial charge in [-0.25, -0.2) is 0 Å². The zero-order chi connectivity index (χ0) is 13.4. The van der Waals surface area contributed by atoms with Crippen molar-refractivity contribution in [1.29, 1.82) is 0 Å². The monoisotopic (exact) mass is 254 g/mol. The van der Waals surface area contributed by atoms with Crippen molar-refractivity contribution >= 4 is 5.91 Å². The first kappa shape index (κ1) is 13.8. The molecule has 2 rings (SSSR count). The van der Waals surface area contributed by atoms with Crippen LogP contribution in [0, 0.1) is 5.41 Å². The zero-order valence-corrected chi connectivity index (χ0v) is 12.0. The molecule has 2 aliphatic rings. The molecule has 2 N–H and O–H groups in total. The van der Waals surface area contributed by atoms with Crippen molar-refractivity contribution in [2.24, 2.45) is 5.41 Å². The first-order valence-corrected chi connectivity index (χ1v) is 6.99. The second-order valence-corrected chi connectivity index (χ2v) is 6.42. The van der Waals surface area contributed by atoms with E-state index in [0.29, 0.717) is 0 Å². The number of methoxy groups -OCH3 is 1. The van der Waals surface area contributed by atoms with Crippen LogP contribution in [0.5, 0.6) is 0 Å². The molecule has 1 amide bonds. The highest BCUT2D eigenvalue weighted by Crippen LogP contribution is 2.51. The Balaban J connectivity index is 1.89. The van der Waals surface area contributed by atoms with Gasteiger partial charge in [0.1, 0.15) is 0 Å². The van der Waals surface area contributed by atoms with Gasteiger partial charge in [-0.15, -0.1) is 0 Å². The van der Waals surface area contributed by atoms with Crippen LogP contribution in [0.3, 0.4) is 0 Å². The first-order valence-electron chi connectivity index (χ1n) is 6.99. The lowest BCUT2D eigenvalue weighted by Gasteiger charge is -2.59. The van der Waals surface area contributed by atoms with Gasteiger partial charge in [-0.2, -0.15) is 0 Å². The topological polar surface area (TPSA) is 50.4 Å². The lowest BCUT2D eigenvalue weighted by molar-refractivity contribution is -0.183. The molecular formula is C14H26N2O2. The van der Waals surface area contributed by atoms with Crippen LogP contribution < -0.4 is 10.6 Å². The second kappa shape index (κ2) is 4.82. The third kappa shape index (κ3) is 2.16. The molecular weight excluding hydrogens is 228 g/mol. The van der Waals surface area contributed by atoms with Crippen LogP contribution in [0.15, 0.2) is 0 Å². The molecule has 0 radical (unpaired) electrons. The molecule has 0 aromatic rings. The third-order valence-corrected chi connectivity index (χ3v) is 5.22. The van der Waals surface area contributed by atoms with Gasteiger partial charge in [0.25, 0.3) is 0 Å². The molecule has 0 bridgehead atoms. The average molecular weight is 254 g/mol. The molecule has 2 fully saturated rings. The number of amides is 1. The normalized spacial score (nSPS) is 38.9. The summed E-state index contributed by atoms with van der Waals surface area (Å²) in [6.07, 6.45) is 4.19. The Morgan fingerprint density at radius 3 is 2.56 bits per heavy atom. The Kier molecular flexibility index (Phi) is 3.70. The number of piperidine rings is 1. The lowest BCUT2D eigenvalue weighted by Crippen LogP contribution is -2.69. The van der Waals surface area contributed by atoms with Gasteiger partial charge in [0.2, 0.25) is 5.91 Å². The van der Waals surface area contributed by atoms with E-state index >= 15 is 0 Å². The van der Waals surface area contributed by atoms with Crippen molar-refractivity contribution in [2.45, 2.75) is 64.1 Å². The van der Waals surface area contributed by atoms with Crippen LogP contribution in [-0.2, 0) is 9.53 Å². The number of carbonyl (C=O) groups is 1. The molecule has 4 heteroatoms. The largest absolute Gasteiger partial charge is 0.378 e. The summed E-state index contributed by atoms with van der Waals surface area (Å²) in [4.78, 5) is 12.2.